The maximum atomic E-state index is 12.8. The number of urea groups is 1. The summed E-state index contributed by atoms with van der Waals surface area (Å²) in [6.07, 6.45) is 3.57. The van der Waals surface area contributed by atoms with E-state index < -0.39 is 0 Å². The summed E-state index contributed by atoms with van der Waals surface area (Å²) in [6, 6.07) is 12.0. The molecule has 0 spiro atoms. The maximum Gasteiger partial charge on any atom is 0.318 e. The first kappa shape index (κ1) is 18.5. The van der Waals surface area contributed by atoms with Crippen LogP contribution in [0.2, 0.25) is 0 Å². The van der Waals surface area contributed by atoms with Crippen molar-refractivity contribution < 1.29 is 9.53 Å². The molecular formula is C21H29N3O2. The van der Waals surface area contributed by atoms with Crippen molar-refractivity contribution >= 4 is 16.8 Å². The van der Waals surface area contributed by atoms with Crippen molar-refractivity contribution in [2.24, 2.45) is 0 Å². The molecular weight excluding hydrogens is 326 g/mol. The predicted octanol–water partition coefficient (Wildman–Crippen LogP) is 3.99. The zero-order valence-corrected chi connectivity index (χ0v) is 16.2. The van der Waals surface area contributed by atoms with E-state index in [0.29, 0.717) is 0 Å². The van der Waals surface area contributed by atoms with Gasteiger partial charge < -0.3 is 15.0 Å². The maximum absolute atomic E-state index is 12.8. The zero-order chi connectivity index (χ0) is 18.7. The number of benzene rings is 2. The van der Waals surface area contributed by atoms with Gasteiger partial charge in [-0.1, -0.05) is 30.3 Å². The monoisotopic (exact) mass is 355 g/mol. The minimum atomic E-state index is -0.0883. The number of hydrogen-bond donors (Lipinski definition) is 1. The Morgan fingerprint density at radius 3 is 2.65 bits per heavy atom. The van der Waals surface area contributed by atoms with Crippen molar-refractivity contribution in [2.75, 3.05) is 27.7 Å². The summed E-state index contributed by atoms with van der Waals surface area (Å²) in [4.78, 5) is 16.9. The Hall–Kier alpha value is -2.27. The van der Waals surface area contributed by atoms with Crippen molar-refractivity contribution in [2.45, 2.75) is 38.4 Å². The molecule has 5 heteroatoms. The highest BCUT2D eigenvalue weighted by Crippen LogP contribution is 2.31. The Labute approximate surface area is 155 Å². The number of fused-ring (bicyclic) bond motifs is 1. The van der Waals surface area contributed by atoms with Crippen molar-refractivity contribution in [1.82, 2.24) is 15.1 Å². The van der Waals surface area contributed by atoms with Crippen LogP contribution in [0.1, 0.15) is 37.8 Å². The van der Waals surface area contributed by atoms with Gasteiger partial charge in [-0.2, -0.15) is 0 Å². The third-order valence-electron chi connectivity index (χ3n) is 5.44. The molecule has 1 aliphatic heterocycles. The number of methoxy groups -OCH3 is 1. The van der Waals surface area contributed by atoms with Crippen molar-refractivity contribution in [3.8, 4) is 5.75 Å². The molecule has 0 bridgehead atoms. The summed E-state index contributed by atoms with van der Waals surface area (Å²) >= 11 is 0. The second kappa shape index (κ2) is 7.96. The quantitative estimate of drug-likeness (QED) is 0.902. The lowest BCUT2D eigenvalue weighted by atomic mass is 9.99. The lowest BCUT2D eigenvalue weighted by Crippen LogP contribution is -2.52. The van der Waals surface area contributed by atoms with Crippen LogP contribution in [-0.2, 0) is 0 Å². The third kappa shape index (κ3) is 3.63. The van der Waals surface area contributed by atoms with Gasteiger partial charge in [0.15, 0.2) is 0 Å². The molecule has 1 heterocycles. The molecule has 0 aliphatic carbocycles. The van der Waals surface area contributed by atoms with Gasteiger partial charge in [-0.25, -0.2) is 4.79 Å². The van der Waals surface area contributed by atoms with Gasteiger partial charge in [0.1, 0.15) is 5.75 Å². The topological polar surface area (TPSA) is 44.8 Å². The van der Waals surface area contributed by atoms with Crippen LogP contribution in [0.15, 0.2) is 36.4 Å². The first-order valence-electron chi connectivity index (χ1n) is 9.32. The molecule has 2 amide bonds. The van der Waals surface area contributed by atoms with Crippen molar-refractivity contribution in [1.29, 1.82) is 0 Å². The molecule has 2 atom stereocenters. The SMILES string of the molecule is COc1ccc(C(C)NC(=O)N(C)[C@@H]2CCCCN2C)c2ccccc12. The molecule has 1 fully saturated rings. The van der Waals surface area contributed by atoms with Gasteiger partial charge in [0.05, 0.1) is 19.3 Å². The number of nitrogens with one attached hydrogen (secondary N) is 1. The highest BCUT2D eigenvalue weighted by atomic mass is 16.5. The van der Waals surface area contributed by atoms with Crippen LogP contribution in [0, 0.1) is 0 Å². The molecule has 1 saturated heterocycles. The van der Waals surface area contributed by atoms with Gasteiger partial charge in [-0.15, -0.1) is 0 Å². The van der Waals surface area contributed by atoms with Gasteiger partial charge in [0, 0.05) is 12.4 Å². The number of nitrogens with zero attached hydrogens (tertiary/aromatic N) is 2. The van der Waals surface area contributed by atoms with Crippen LogP contribution in [-0.4, -0.2) is 49.7 Å². The molecule has 2 aromatic rings. The summed E-state index contributed by atoms with van der Waals surface area (Å²) in [6.45, 7) is 3.07. The number of carbonyl (C=O) groups excluding carboxylic acids is 1. The summed E-state index contributed by atoms with van der Waals surface area (Å²) in [7, 11) is 5.66. The average molecular weight is 355 g/mol. The lowest BCUT2D eigenvalue weighted by molar-refractivity contribution is 0.0697. The van der Waals surface area contributed by atoms with E-state index in [1.807, 2.05) is 43.1 Å². The van der Waals surface area contributed by atoms with Gasteiger partial charge in [0.25, 0.3) is 0 Å². The van der Waals surface area contributed by atoms with Crippen molar-refractivity contribution in [3.63, 3.8) is 0 Å². The third-order valence-corrected chi connectivity index (χ3v) is 5.44. The molecule has 3 rings (SSSR count). The summed E-state index contributed by atoms with van der Waals surface area (Å²) < 4.78 is 5.47. The lowest BCUT2D eigenvalue weighted by Gasteiger charge is -2.39. The number of ether oxygens (including phenoxy) is 1. The number of hydrogen-bond acceptors (Lipinski definition) is 3. The normalized spacial score (nSPS) is 19.2. The second-order valence-electron chi connectivity index (χ2n) is 7.14. The van der Waals surface area contributed by atoms with E-state index in [1.165, 1.54) is 12.8 Å². The van der Waals surface area contributed by atoms with Gasteiger partial charge in [-0.05, 0) is 56.8 Å². The van der Waals surface area contributed by atoms with Crippen molar-refractivity contribution in [3.05, 3.63) is 42.0 Å². The molecule has 0 radical (unpaired) electrons. The van der Waals surface area contributed by atoms with Crippen LogP contribution in [0.25, 0.3) is 10.8 Å². The number of piperidine rings is 1. The molecule has 140 valence electrons. The fraction of sp³-hybridized carbons (Fsp3) is 0.476. The van der Waals surface area contributed by atoms with Crippen LogP contribution in [0.5, 0.6) is 5.75 Å². The number of likely N-dealkylation sites (tertiary alicyclic amines) is 1. The van der Waals surface area contributed by atoms with Crippen LogP contribution < -0.4 is 10.1 Å². The molecule has 1 N–H and O–H groups in total. The molecule has 2 aromatic carbocycles. The molecule has 5 nitrogen and oxygen atoms in total. The Balaban J connectivity index is 1.78. The molecule has 0 saturated carbocycles. The minimum Gasteiger partial charge on any atom is -0.496 e. The fourth-order valence-corrected chi connectivity index (χ4v) is 3.90. The fourth-order valence-electron chi connectivity index (χ4n) is 3.90. The Morgan fingerprint density at radius 1 is 1.23 bits per heavy atom. The predicted molar refractivity (Wildman–Crippen MR) is 105 cm³/mol. The summed E-state index contributed by atoms with van der Waals surface area (Å²) in [5.74, 6) is 0.851. The number of carbonyl (C=O) groups is 1. The van der Waals surface area contributed by atoms with E-state index in [9.17, 15) is 4.79 Å². The first-order chi connectivity index (χ1) is 12.5. The standard InChI is InChI=1S/C21H29N3O2/c1-15(22-21(25)24(3)20-11-7-8-14-23(20)2)16-12-13-19(26-4)18-10-6-5-9-17(16)18/h5-6,9-10,12-13,15,20H,7-8,11,14H2,1-4H3,(H,22,25)/t15?,20-/m1/s1. The van der Waals surface area contributed by atoms with Gasteiger partial charge in [0.2, 0.25) is 0 Å². The number of rotatable bonds is 4. The Bertz CT molecular complexity index is 777. The Morgan fingerprint density at radius 2 is 1.96 bits per heavy atom. The summed E-state index contributed by atoms with van der Waals surface area (Å²) in [5.41, 5.74) is 1.10. The van der Waals surface area contributed by atoms with Crippen LogP contribution >= 0.6 is 0 Å². The average Bonchev–Trinajstić information content (AvgIpc) is 2.66. The molecule has 0 aromatic heterocycles. The van der Waals surface area contributed by atoms with Gasteiger partial charge in [-0.3, -0.25) is 4.90 Å². The van der Waals surface area contributed by atoms with E-state index in [0.717, 1.165) is 35.1 Å². The van der Waals surface area contributed by atoms with E-state index in [-0.39, 0.29) is 18.2 Å². The zero-order valence-electron chi connectivity index (χ0n) is 16.2. The van der Waals surface area contributed by atoms with E-state index in [1.54, 1.807) is 7.11 Å². The minimum absolute atomic E-state index is 0.0313. The van der Waals surface area contributed by atoms with E-state index in [4.69, 9.17) is 4.74 Å². The highest BCUT2D eigenvalue weighted by molar-refractivity contribution is 5.91. The second-order valence-corrected chi connectivity index (χ2v) is 7.14. The van der Waals surface area contributed by atoms with E-state index >= 15 is 0 Å². The van der Waals surface area contributed by atoms with Crippen LogP contribution in [0.4, 0.5) is 4.79 Å². The van der Waals surface area contributed by atoms with E-state index in [2.05, 4.69) is 29.4 Å². The highest BCUT2D eigenvalue weighted by Gasteiger charge is 2.27. The molecule has 1 unspecified atom stereocenters. The molecule has 26 heavy (non-hydrogen) atoms. The first-order valence-corrected chi connectivity index (χ1v) is 9.32. The largest absolute Gasteiger partial charge is 0.496 e. The van der Waals surface area contributed by atoms with Crippen LogP contribution in [0.3, 0.4) is 0 Å². The Kier molecular flexibility index (Phi) is 5.67. The molecule has 1 aliphatic rings. The summed E-state index contributed by atoms with van der Waals surface area (Å²) in [5, 5.41) is 5.34. The number of amides is 2. The smallest absolute Gasteiger partial charge is 0.318 e. The van der Waals surface area contributed by atoms with Gasteiger partial charge >= 0.3 is 6.03 Å².